The molecule has 0 aliphatic rings. The molecule has 2 aromatic heterocycles. The first-order valence-electron chi connectivity index (χ1n) is 8.22. The maximum Gasteiger partial charge on any atom is 0.231 e. The van der Waals surface area contributed by atoms with E-state index in [1.54, 1.807) is 6.26 Å². The normalized spacial score (nSPS) is 12.1. The summed E-state index contributed by atoms with van der Waals surface area (Å²) in [6.45, 7) is 3.64. The van der Waals surface area contributed by atoms with E-state index in [9.17, 15) is 4.79 Å². The molecule has 3 aromatic rings. The highest BCUT2D eigenvalue weighted by molar-refractivity contribution is 7.09. The Kier molecular flexibility index (Phi) is 5.63. The third kappa shape index (κ3) is 5.27. The topological polar surface area (TPSA) is 59.6 Å². The van der Waals surface area contributed by atoms with Gasteiger partial charge in [-0.1, -0.05) is 17.7 Å². The summed E-state index contributed by atoms with van der Waals surface area (Å²) >= 11 is 1.53. The number of carbonyl (C=O) groups is 1. The van der Waals surface area contributed by atoms with Gasteiger partial charge in [-0.2, -0.15) is 0 Å². The van der Waals surface area contributed by atoms with Gasteiger partial charge >= 0.3 is 0 Å². The van der Waals surface area contributed by atoms with Gasteiger partial charge in [0.25, 0.3) is 0 Å². The predicted molar refractivity (Wildman–Crippen MR) is 98.6 cm³/mol. The SMILES string of the molecule is Cc1ccc(NC(=O)Cc2nc(C[NH+](C)Cc3ccco3)cs2)cc1. The van der Waals surface area contributed by atoms with Crippen LogP contribution in [0.1, 0.15) is 22.0 Å². The van der Waals surface area contributed by atoms with Crippen molar-refractivity contribution in [3.63, 3.8) is 0 Å². The molecule has 0 radical (unpaired) electrons. The highest BCUT2D eigenvalue weighted by atomic mass is 32.1. The van der Waals surface area contributed by atoms with Crippen LogP contribution in [0, 0.1) is 6.92 Å². The first-order chi connectivity index (χ1) is 12.1. The van der Waals surface area contributed by atoms with Gasteiger partial charge < -0.3 is 14.6 Å². The first-order valence-corrected chi connectivity index (χ1v) is 9.10. The third-order valence-corrected chi connectivity index (χ3v) is 4.68. The molecule has 0 saturated heterocycles. The average Bonchev–Trinajstić information content (AvgIpc) is 3.22. The molecular weight excluding hydrogens is 334 g/mol. The summed E-state index contributed by atoms with van der Waals surface area (Å²) in [5, 5.41) is 5.77. The second kappa shape index (κ2) is 8.09. The number of aromatic nitrogens is 1. The Morgan fingerprint density at radius 2 is 2.04 bits per heavy atom. The fraction of sp³-hybridized carbons (Fsp3) is 0.263. The van der Waals surface area contributed by atoms with E-state index in [0.29, 0.717) is 6.42 Å². The van der Waals surface area contributed by atoms with Crippen molar-refractivity contribution in [3.8, 4) is 0 Å². The van der Waals surface area contributed by atoms with Crippen molar-refractivity contribution in [2.75, 3.05) is 12.4 Å². The second-order valence-corrected chi connectivity index (χ2v) is 7.16. The summed E-state index contributed by atoms with van der Waals surface area (Å²) in [4.78, 5) is 18.0. The molecule has 25 heavy (non-hydrogen) atoms. The zero-order valence-corrected chi connectivity index (χ0v) is 15.2. The largest absolute Gasteiger partial charge is 0.463 e. The van der Waals surface area contributed by atoms with Crippen molar-refractivity contribution < 1.29 is 14.1 Å². The molecule has 6 heteroatoms. The van der Waals surface area contributed by atoms with Gasteiger partial charge in [-0.15, -0.1) is 11.3 Å². The van der Waals surface area contributed by atoms with Gasteiger partial charge in [0, 0.05) is 11.1 Å². The molecule has 0 spiro atoms. The van der Waals surface area contributed by atoms with E-state index in [0.717, 1.165) is 35.2 Å². The van der Waals surface area contributed by atoms with E-state index in [-0.39, 0.29) is 5.91 Å². The number of aryl methyl sites for hydroxylation is 1. The van der Waals surface area contributed by atoms with E-state index < -0.39 is 0 Å². The number of quaternary nitrogens is 1. The Hall–Kier alpha value is -2.44. The van der Waals surface area contributed by atoms with Gasteiger partial charge in [0.15, 0.2) is 5.76 Å². The monoisotopic (exact) mass is 356 g/mol. The Bertz CT molecular complexity index is 810. The molecule has 2 heterocycles. The number of amides is 1. The number of hydrogen-bond donors (Lipinski definition) is 2. The number of nitrogens with one attached hydrogen (secondary N) is 2. The molecule has 2 N–H and O–H groups in total. The average molecular weight is 356 g/mol. The minimum atomic E-state index is -0.0407. The van der Waals surface area contributed by atoms with E-state index in [4.69, 9.17) is 4.42 Å². The molecular formula is C19H22N3O2S+. The first kappa shape index (κ1) is 17.4. The Labute approximate surface area is 151 Å². The maximum atomic E-state index is 12.1. The summed E-state index contributed by atoms with van der Waals surface area (Å²) in [5.41, 5.74) is 2.99. The quantitative estimate of drug-likeness (QED) is 0.684. The van der Waals surface area contributed by atoms with Crippen LogP contribution in [0.25, 0.3) is 0 Å². The van der Waals surface area contributed by atoms with Gasteiger partial charge in [0.05, 0.1) is 19.7 Å². The molecule has 0 bridgehead atoms. The number of thiazole rings is 1. The van der Waals surface area contributed by atoms with E-state index in [1.807, 2.05) is 48.7 Å². The van der Waals surface area contributed by atoms with Crippen molar-refractivity contribution in [1.29, 1.82) is 0 Å². The molecule has 0 aliphatic carbocycles. The Balaban J connectivity index is 1.50. The van der Waals surface area contributed by atoms with E-state index in [1.165, 1.54) is 21.8 Å². The van der Waals surface area contributed by atoms with Crippen molar-refractivity contribution in [1.82, 2.24) is 4.98 Å². The lowest BCUT2D eigenvalue weighted by molar-refractivity contribution is -0.909. The molecule has 1 atom stereocenters. The maximum absolute atomic E-state index is 12.1. The lowest BCUT2D eigenvalue weighted by Gasteiger charge is -2.10. The summed E-state index contributed by atoms with van der Waals surface area (Å²) in [7, 11) is 2.10. The lowest BCUT2D eigenvalue weighted by Crippen LogP contribution is -3.06. The van der Waals surface area contributed by atoms with Crippen LogP contribution in [-0.2, 0) is 24.3 Å². The van der Waals surface area contributed by atoms with Gasteiger partial charge in [-0.05, 0) is 31.2 Å². The van der Waals surface area contributed by atoms with Crippen LogP contribution in [0.15, 0.2) is 52.5 Å². The smallest absolute Gasteiger partial charge is 0.231 e. The molecule has 130 valence electrons. The number of carbonyl (C=O) groups excluding carboxylic acids is 1. The highest BCUT2D eigenvalue weighted by Crippen LogP contribution is 2.13. The summed E-state index contributed by atoms with van der Waals surface area (Å²) in [6.07, 6.45) is 1.99. The second-order valence-electron chi connectivity index (χ2n) is 6.21. The number of hydrogen-bond acceptors (Lipinski definition) is 4. The fourth-order valence-corrected chi connectivity index (χ4v) is 3.37. The molecule has 1 amide bonds. The Morgan fingerprint density at radius 3 is 2.76 bits per heavy atom. The van der Waals surface area contributed by atoms with Crippen molar-refractivity contribution in [2.45, 2.75) is 26.4 Å². The van der Waals surface area contributed by atoms with Gasteiger partial charge in [-0.3, -0.25) is 4.79 Å². The molecule has 0 fully saturated rings. The minimum Gasteiger partial charge on any atom is -0.463 e. The Morgan fingerprint density at radius 1 is 1.24 bits per heavy atom. The molecule has 1 unspecified atom stereocenters. The van der Waals surface area contributed by atoms with Gasteiger partial charge in [-0.25, -0.2) is 4.98 Å². The third-order valence-electron chi connectivity index (χ3n) is 3.79. The van der Waals surface area contributed by atoms with Crippen LogP contribution in [0.4, 0.5) is 5.69 Å². The van der Waals surface area contributed by atoms with E-state index >= 15 is 0 Å². The molecule has 1 aromatic carbocycles. The fourth-order valence-electron chi connectivity index (χ4n) is 2.57. The number of rotatable bonds is 7. The van der Waals surface area contributed by atoms with Gasteiger partial charge in [0.2, 0.25) is 5.91 Å². The zero-order chi connectivity index (χ0) is 17.6. The highest BCUT2D eigenvalue weighted by Gasteiger charge is 2.12. The minimum absolute atomic E-state index is 0.0407. The number of nitrogens with zero attached hydrogens (tertiary/aromatic N) is 1. The van der Waals surface area contributed by atoms with Crippen molar-refractivity contribution in [2.24, 2.45) is 0 Å². The van der Waals surface area contributed by atoms with Crippen LogP contribution < -0.4 is 10.2 Å². The molecule has 0 saturated carbocycles. The number of anilines is 1. The summed E-state index contributed by atoms with van der Waals surface area (Å²) < 4.78 is 5.37. The van der Waals surface area contributed by atoms with Crippen LogP contribution in [-0.4, -0.2) is 17.9 Å². The molecule has 3 rings (SSSR count). The van der Waals surface area contributed by atoms with Crippen LogP contribution >= 0.6 is 11.3 Å². The summed E-state index contributed by atoms with van der Waals surface area (Å²) in [5.74, 6) is 0.923. The predicted octanol–water partition coefficient (Wildman–Crippen LogP) is 2.44. The number of furan rings is 1. The van der Waals surface area contributed by atoms with Crippen LogP contribution in [0.2, 0.25) is 0 Å². The molecule has 5 nitrogen and oxygen atoms in total. The van der Waals surface area contributed by atoms with Crippen LogP contribution in [0.3, 0.4) is 0 Å². The van der Waals surface area contributed by atoms with E-state index in [2.05, 4.69) is 17.3 Å². The number of benzene rings is 1. The standard InChI is InChI=1S/C19H21N3O2S/c1-14-5-7-15(8-6-14)20-18(23)10-19-21-16(13-25-19)11-22(2)12-17-4-3-9-24-17/h3-9,13H,10-12H2,1-2H3,(H,20,23)/p+1. The van der Waals surface area contributed by atoms with Gasteiger partial charge in [0.1, 0.15) is 23.8 Å². The van der Waals surface area contributed by atoms with Crippen molar-refractivity contribution in [3.05, 3.63) is 70.1 Å². The zero-order valence-electron chi connectivity index (χ0n) is 14.4. The van der Waals surface area contributed by atoms with Crippen molar-refractivity contribution >= 4 is 22.9 Å². The summed E-state index contributed by atoms with van der Waals surface area (Å²) in [6, 6.07) is 11.7. The van der Waals surface area contributed by atoms with Crippen LogP contribution in [0.5, 0.6) is 0 Å². The lowest BCUT2D eigenvalue weighted by atomic mass is 10.2. The molecule has 0 aliphatic heterocycles.